The van der Waals surface area contributed by atoms with Crippen LogP contribution in [-0.4, -0.2) is 53.2 Å². The second-order valence-corrected chi connectivity index (χ2v) is 11.2. The molecule has 0 saturated carbocycles. The summed E-state index contributed by atoms with van der Waals surface area (Å²) in [6.45, 7) is 4.44. The number of carbonyl (C=O) groups excluding carboxylic acids is 2. The molecule has 1 aliphatic heterocycles. The first-order valence-electron chi connectivity index (χ1n) is 13.7. The van der Waals surface area contributed by atoms with E-state index >= 15 is 0 Å². The van der Waals surface area contributed by atoms with Crippen LogP contribution in [0.25, 0.3) is 11.1 Å². The molecule has 1 heterocycles. The standard InChI is InChI=1S/C32H33F3N2O6/c1-31(2,3)43-30(41)36(15-14-29(39)40)19-28(38)37-16-13-23-17-25(11-12-27(23)37)42-20-24-10-9-22(18-26(24)32(33,34)35)21-7-5-4-6-8-21/h4-12,17-18H,13-16,19-20H2,1-3H3,(H,39,40). The highest BCUT2D eigenvalue weighted by molar-refractivity contribution is 5.98. The van der Waals surface area contributed by atoms with Crippen molar-refractivity contribution in [2.75, 3.05) is 24.5 Å². The molecule has 0 atom stereocenters. The fourth-order valence-corrected chi connectivity index (χ4v) is 4.71. The van der Waals surface area contributed by atoms with E-state index in [1.807, 2.05) is 0 Å². The molecule has 11 heteroatoms. The Morgan fingerprint density at radius 1 is 0.953 bits per heavy atom. The highest BCUT2D eigenvalue weighted by Crippen LogP contribution is 2.36. The molecule has 0 spiro atoms. The summed E-state index contributed by atoms with van der Waals surface area (Å²) < 4.78 is 52.9. The first-order chi connectivity index (χ1) is 20.2. The topological polar surface area (TPSA) is 96.4 Å². The second kappa shape index (κ2) is 12.8. The number of hydrogen-bond acceptors (Lipinski definition) is 5. The van der Waals surface area contributed by atoms with Crippen LogP contribution in [0.1, 0.15) is 43.9 Å². The van der Waals surface area contributed by atoms with E-state index in [0.717, 1.165) is 16.5 Å². The number of aliphatic carboxylic acids is 1. The summed E-state index contributed by atoms with van der Waals surface area (Å²) >= 11 is 0. The highest BCUT2D eigenvalue weighted by Gasteiger charge is 2.34. The predicted octanol–water partition coefficient (Wildman–Crippen LogP) is 6.55. The van der Waals surface area contributed by atoms with Gasteiger partial charge in [0.15, 0.2) is 0 Å². The van der Waals surface area contributed by atoms with Crippen molar-refractivity contribution in [3.8, 4) is 16.9 Å². The van der Waals surface area contributed by atoms with Crippen molar-refractivity contribution in [1.82, 2.24) is 4.90 Å². The van der Waals surface area contributed by atoms with Crippen LogP contribution in [0.5, 0.6) is 5.75 Å². The largest absolute Gasteiger partial charge is 0.489 e. The molecule has 0 aromatic heterocycles. The fourth-order valence-electron chi connectivity index (χ4n) is 4.71. The molecule has 3 aromatic rings. The maximum Gasteiger partial charge on any atom is 0.416 e. The van der Waals surface area contributed by atoms with E-state index in [1.54, 1.807) is 75.4 Å². The number of anilines is 1. The van der Waals surface area contributed by atoms with Crippen LogP contribution in [-0.2, 0) is 33.5 Å². The van der Waals surface area contributed by atoms with Crippen molar-refractivity contribution in [2.45, 2.75) is 52.0 Å². The van der Waals surface area contributed by atoms with Crippen LogP contribution in [0.3, 0.4) is 0 Å². The summed E-state index contributed by atoms with van der Waals surface area (Å²) in [7, 11) is 0. The average Bonchev–Trinajstić information content (AvgIpc) is 3.36. The third-order valence-corrected chi connectivity index (χ3v) is 6.74. The summed E-state index contributed by atoms with van der Waals surface area (Å²) in [5.74, 6) is -1.18. The van der Waals surface area contributed by atoms with Gasteiger partial charge >= 0.3 is 18.2 Å². The van der Waals surface area contributed by atoms with E-state index in [-0.39, 0.29) is 31.7 Å². The Balaban J connectivity index is 1.46. The van der Waals surface area contributed by atoms with Crippen LogP contribution in [0.4, 0.5) is 23.7 Å². The number of amides is 2. The zero-order valence-electron chi connectivity index (χ0n) is 24.1. The molecule has 43 heavy (non-hydrogen) atoms. The molecule has 0 bridgehead atoms. The molecule has 4 rings (SSSR count). The van der Waals surface area contributed by atoms with Crippen molar-refractivity contribution in [3.63, 3.8) is 0 Å². The summed E-state index contributed by atoms with van der Waals surface area (Å²) in [6.07, 6.45) is -5.24. The minimum atomic E-state index is -4.57. The lowest BCUT2D eigenvalue weighted by Gasteiger charge is -2.28. The Morgan fingerprint density at radius 3 is 2.33 bits per heavy atom. The van der Waals surface area contributed by atoms with E-state index in [1.165, 1.54) is 11.0 Å². The van der Waals surface area contributed by atoms with Crippen molar-refractivity contribution in [3.05, 3.63) is 83.4 Å². The monoisotopic (exact) mass is 598 g/mol. The Kier molecular flexibility index (Phi) is 9.32. The van der Waals surface area contributed by atoms with Crippen molar-refractivity contribution < 1.29 is 42.1 Å². The molecule has 1 aliphatic rings. The molecule has 3 aromatic carbocycles. The summed E-state index contributed by atoms with van der Waals surface area (Å²) in [5, 5.41) is 9.07. The number of nitrogens with zero attached hydrogens (tertiary/aromatic N) is 2. The first-order valence-corrected chi connectivity index (χ1v) is 13.7. The molecule has 0 radical (unpaired) electrons. The van der Waals surface area contributed by atoms with Crippen molar-refractivity contribution >= 4 is 23.7 Å². The van der Waals surface area contributed by atoms with Crippen LogP contribution >= 0.6 is 0 Å². The summed E-state index contributed by atoms with van der Waals surface area (Å²) in [6, 6.07) is 17.9. The Morgan fingerprint density at radius 2 is 1.67 bits per heavy atom. The molecule has 0 saturated heterocycles. The smallest absolute Gasteiger partial charge is 0.416 e. The zero-order valence-corrected chi connectivity index (χ0v) is 24.1. The van der Waals surface area contributed by atoms with Gasteiger partial charge in [0.1, 0.15) is 24.5 Å². The first kappa shape index (κ1) is 31.4. The van der Waals surface area contributed by atoms with Crippen LogP contribution in [0.2, 0.25) is 0 Å². The molecule has 0 fully saturated rings. The number of carboxylic acids is 1. The normalized spacial score (nSPS) is 12.9. The maximum absolute atomic E-state index is 13.9. The minimum absolute atomic E-state index is 0.00641. The van der Waals surface area contributed by atoms with Gasteiger partial charge in [-0.3, -0.25) is 14.5 Å². The molecule has 2 amide bonds. The second-order valence-electron chi connectivity index (χ2n) is 11.2. The minimum Gasteiger partial charge on any atom is -0.489 e. The number of carbonyl (C=O) groups is 3. The van der Waals surface area contributed by atoms with Gasteiger partial charge in [-0.25, -0.2) is 4.79 Å². The number of benzene rings is 3. The van der Waals surface area contributed by atoms with Gasteiger partial charge in [0, 0.05) is 24.3 Å². The van der Waals surface area contributed by atoms with Crippen molar-refractivity contribution in [1.29, 1.82) is 0 Å². The predicted molar refractivity (Wildman–Crippen MR) is 154 cm³/mol. The van der Waals surface area contributed by atoms with Crippen LogP contribution in [0.15, 0.2) is 66.7 Å². The number of rotatable bonds is 9. The number of ether oxygens (including phenoxy) is 2. The molecular formula is C32H33F3N2O6. The van der Waals surface area contributed by atoms with Gasteiger partial charge in [-0.2, -0.15) is 13.2 Å². The molecular weight excluding hydrogens is 565 g/mol. The third kappa shape index (κ3) is 8.27. The molecule has 8 nitrogen and oxygen atoms in total. The zero-order chi connectivity index (χ0) is 31.4. The van der Waals surface area contributed by atoms with E-state index in [0.29, 0.717) is 35.5 Å². The molecule has 1 N–H and O–H groups in total. The lowest BCUT2D eigenvalue weighted by Crippen LogP contribution is -2.45. The lowest BCUT2D eigenvalue weighted by molar-refractivity contribution is -0.139. The summed E-state index contributed by atoms with van der Waals surface area (Å²) in [5.41, 5.74) is 0.862. The Hall–Kier alpha value is -4.54. The van der Waals surface area contributed by atoms with Crippen molar-refractivity contribution in [2.24, 2.45) is 0 Å². The van der Waals surface area contributed by atoms with Gasteiger partial charge in [0.05, 0.1) is 12.0 Å². The van der Waals surface area contributed by atoms with Gasteiger partial charge in [-0.05, 0) is 68.1 Å². The van der Waals surface area contributed by atoms with E-state index < -0.39 is 35.3 Å². The Bertz CT molecular complexity index is 1480. The third-order valence-electron chi connectivity index (χ3n) is 6.74. The number of hydrogen-bond donors (Lipinski definition) is 1. The fraction of sp³-hybridized carbons (Fsp3) is 0.344. The van der Waals surface area contributed by atoms with Gasteiger partial charge in [-0.15, -0.1) is 0 Å². The maximum atomic E-state index is 13.9. The molecule has 228 valence electrons. The number of fused-ring (bicyclic) bond motifs is 1. The van der Waals surface area contributed by atoms with E-state index in [4.69, 9.17) is 14.6 Å². The number of halogens is 3. The van der Waals surface area contributed by atoms with Crippen LogP contribution in [0, 0.1) is 0 Å². The van der Waals surface area contributed by atoms with Gasteiger partial charge in [0.2, 0.25) is 5.91 Å². The molecule has 0 unspecified atom stereocenters. The number of alkyl halides is 3. The number of carboxylic acid groups (broad SMARTS) is 1. The van der Waals surface area contributed by atoms with Gasteiger partial charge < -0.3 is 19.5 Å². The SMILES string of the molecule is CC(C)(C)OC(=O)N(CCC(=O)O)CC(=O)N1CCc2cc(OCc3ccc(-c4ccccc4)cc3C(F)(F)F)ccc21. The van der Waals surface area contributed by atoms with Gasteiger partial charge in [-0.1, -0.05) is 42.5 Å². The Labute approximate surface area is 247 Å². The quantitative estimate of drug-likeness (QED) is 0.300. The lowest BCUT2D eigenvalue weighted by atomic mass is 9.99. The van der Waals surface area contributed by atoms with E-state index in [2.05, 4.69) is 0 Å². The van der Waals surface area contributed by atoms with Crippen LogP contribution < -0.4 is 9.64 Å². The highest BCUT2D eigenvalue weighted by atomic mass is 19.4. The van der Waals surface area contributed by atoms with E-state index in [9.17, 15) is 27.6 Å². The summed E-state index contributed by atoms with van der Waals surface area (Å²) in [4.78, 5) is 39.5. The van der Waals surface area contributed by atoms with Gasteiger partial charge in [0.25, 0.3) is 0 Å². The average molecular weight is 599 g/mol. The molecule has 0 aliphatic carbocycles.